The van der Waals surface area contributed by atoms with E-state index in [0.717, 1.165) is 18.7 Å². The van der Waals surface area contributed by atoms with Crippen molar-refractivity contribution < 1.29 is 4.79 Å². The molecule has 19 heavy (non-hydrogen) atoms. The van der Waals surface area contributed by atoms with Crippen LogP contribution in [0.5, 0.6) is 0 Å². The Kier molecular flexibility index (Phi) is 6.19. The van der Waals surface area contributed by atoms with Crippen LogP contribution in [0, 0.1) is 5.92 Å². The number of benzene rings is 1. The molecule has 0 atom stereocenters. The Morgan fingerprint density at radius 2 is 2.05 bits per heavy atom. The second-order valence-electron chi connectivity index (χ2n) is 5.18. The highest BCUT2D eigenvalue weighted by molar-refractivity contribution is 5.83. The number of nitrogen functional groups attached to an aromatic ring is 1. The Hall–Kier alpha value is -1.71. The van der Waals surface area contributed by atoms with E-state index in [2.05, 4.69) is 26.1 Å². The fourth-order valence-electron chi connectivity index (χ4n) is 1.88. The Balaban J connectivity index is 2.68. The summed E-state index contributed by atoms with van der Waals surface area (Å²) in [7, 11) is 0. The number of amides is 1. The molecule has 0 aromatic heterocycles. The first-order chi connectivity index (χ1) is 9.04. The summed E-state index contributed by atoms with van der Waals surface area (Å²) in [6.07, 6.45) is 0.978. The maximum Gasteiger partial charge on any atom is 0.239 e. The first-order valence-electron chi connectivity index (χ1n) is 6.90. The van der Waals surface area contributed by atoms with Crippen molar-refractivity contribution in [3.63, 3.8) is 0 Å². The smallest absolute Gasteiger partial charge is 0.239 e. The Bertz CT molecular complexity index is 404. The fraction of sp³-hybridized carbons (Fsp3) is 0.533. The van der Waals surface area contributed by atoms with E-state index in [0.29, 0.717) is 24.7 Å². The molecule has 3 N–H and O–H groups in total. The molecule has 0 aliphatic heterocycles. The normalized spacial score (nSPS) is 10.5. The van der Waals surface area contributed by atoms with Gasteiger partial charge in [0, 0.05) is 13.1 Å². The van der Waals surface area contributed by atoms with Gasteiger partial charge in [0.15, 0.2) is 0 Å². The molecule has 0 saturated carbocycles. The lowest BCUT2D eigenvalue weighted by atomic mass is 10.2. The molecule has 0 radical (unpaired) electrons. The maximum absolute atomic E-state index is 11.9. The average molecular weight is 263 g/mol. The highest BCUT2D eigenvalue weighted by Gasteiger charge is 2.12. The largest absolute Gasteiger partial charge is 0.397 e. The van der Waals surface area contributed by atoms with Gasteiger partial charge in [0.05, 0.1) is 17.9 Å². The fourth-order valence-corrected chi connectivity index (χ4v) is 1.88. The monoisotopic (exact) mass is 263 g/mol. The lowest BCUT2D eigenvalue weighted by Crippen LogP contribution is -2.39. The van der Waals surface area contributed by atoms with Gasteiger partial charge in [-0.05, 0) is 24.5 Å². The molecular formula is C15H25N3O. The van der Waals surface area contributed by atoms with Crippen LogP contribution in [-0.4, -0.2) is 25.5 Å². The van der Waals surface area contributed by atoms with E-state index in [1.807, 2.05) is 29.2 Å². The summed E-state index contributed by atoms with van der Waals surface area (Å²) in [4.78, 5) is 14.0. The average Bonchev–Trinajstić information content (AvgIpc) is 2.36. The first-order valence-corrected chi connectivity index (χ1v) is 6.90. The van der Waals surface area contributed by atoms with Gasteiger partial charge in [-0.15, -0.1) is 0 Å². The zero-order valence-electron chi connectivity index (χ0n) is 12.1. The van der Waals surface area contributed by atoms with Gasteiger partial charge in [-0.25, -0.2) is 0 Å². The summed E-state index contributed by atoms with van der Waals surface area (Å²) in [5.41, 5.74) is 7.63. The number of hydrogen-bond acceptors (Lipinski definition) is 3. The van der Waals surface area contributed by atoms with Gasteiger partial charge in [0.1, 0.15) is 0 Å². The molecule has 0 saturated heterocycles. The quantitative estimate of drug-likeness (QED) is 0.742. The first kappa shape index (κ1) is 15.3. The van der Waals surface area contributed by atoms with Gasteiger partial charge in [0.2, 0.25) is 5.91 Å². The molecule has 1 rings (SSSR count). The third-order valence-electron chi connectivity index (χ3n) is 2.81. The highest BCUT2D eigenvalue weighted by atomic mass is 16.2. The van der Waals surface area contributed by atoms with Gasteiger partial charge in [-0.2, -0.15) is 0 Å². The molecule has 4 nitrogen and oxygen atoms in total. The van der Waals surface area contributed by atoms with Crippen LogP contribution < -0.4 is 16.0 Å². The Morgan fingerprint density at radius 3 is 2.63 bits per heavy atom. The van der Waals surface area contributed by atoms with E-state index in [1.54, 1.807) is 0 Å². The molecule has 0 heterocycles. The number of nitrogens with two attached hydrogens (primary N) is 1. The van der Waals surface area contributed by atoms with E-state index in [1.165, 1.54) is 0 Å². The van der Waals surface area contributed by atoms with Crippen molar-refractivity contribution in [3.8, 4) is 0 Å². The van der Waals surface area contributed by atoms with Crippen LogP contribution in [-0.2, 0) is 4.79 Å². The lowest BCUT2D eigenvalue weighted by molar-refractivity contribution is -0.119. The van der Waals surface area contributed by atoms with Crippen LogP contribution in [0.2, 0.25) is 0 Å². The van der Waals surface area contributed by atoms with E-state index in [9.17, 15) is 4.79 Å². The lowest BCUT2D eigenvalue weighted by Gasteiger charge is -2.25. The highest BCUT2D eigenvalue weighted by Crippen LogP contribution is 2.22. The van der Waals surface area contributed by atoms with Gasteiger partial charge in [-0.3, -0.25) is 4.79 Å². The number of nitrogens with zero attached hydrogens (tertiary/aromatic N) is 1. The molecular weight excluding hydrogens is 238 g/mol. The summed E-state index contributed by atoms with van der Waals surface area (Å²) in [6.45, 7) is 8.15. The van der Waals surface area contributed by atoms with Gasteiger partial charge < -0.3 is 16.0 Å². The van der Waals surface area contributed by atoms with Crippen molar-refractivity contribution in [2.75, 3.05) is 30.3 Å². The molecule has 0 unspecified atom stereocenters. The summed E-state index contributed by atoms with van der Waals surface area (Å²) in [5.74, 6) is 0.510. The Morgan fingerprint density at radius 1 is 1.37 bits per heavy atom. The topological polar surface area (TPSA) is 58.4 Å². The van der Waals surface area contributed by atoms with Crippen LogP contribution in [0.1, 0.15) is 27.2 Å². The van der Waals surface area contributed by atoms with Crippen LogP contribution in [0.4, 0.5) is 11.4 Å². The van der Waals surface area contributed by atoms with Gasteiger partial charge >= 0.3 is 0 Å². The minimum atomic E-state index is 0.0467. The van der Waals surface area contributed by atoms with Crippen molar-refractivity contribution >= 4 is 17.3 Å². The van der Waals surface area contributed by atoms with Crippen LogP contribution in [0.15, 0.2) is 24.3 Å². The summed E-state index contributed by atoms with van der Waals surface area (Å²) >= 11 is 0. The summed E-state index contributed by atoms with van der Waals surface area (Å²) in [6, 6.07) is 7.67. The van der Waals surface area contributed by atoms with E-state index in [-0.39, 0.29) is 5.91 Å². The second kappa shape index (κ2) is 7.67. The second-order valence-corrected chi connectivity index (χ2v) is 5.18. The number of para-hydroxylation sites is 2. The zero-order chi connectivity index (χ0) is 14.3. The molecule has 0 spiro atoms. The van der Waals surface area contributed by atoms with Crippen LogP contribution >= 0.6 is 0 Å². The molecule has 0 aliphatic rings. The van der Waals surface area contributed by atoms with Crippen molar-refractivity contribution in [2.45, 2.75) is 27.2 Å². The molecule has 1 aromatic rings. The molecule has 106 valence electrons. The standard InChI is InChI=1S/C15H25N3O/c1-4-9-18(11-15(19)17-10-12(2)3)14-8-6-5-7-13(14)16/h5-8,12H,4,9-11,16H2,1-3H3,(H,17,19). The van der Waals surface area contributed by atoms with Gasteiger partial charge in [0.25, 0.3) is 0 Å². The minimum Gasteiger partial charge on any atom is -0.397 e. The molecule has 1 aromatic carbocycles. The van der Waals surface area contributed by atoms with Crippen LogP contribution in [0.3, 0.4) is 0 Å². The molecule has 0 aliphatic carbocycles. The third kappa shape index (κ3) is 5.20. The zero-order valence-corrected chi connectivity index (χ0v) is 12.1. The number of anilines is 2. The summed E-state index contributed by atoms with van der Waals surface area (Å²) < 4.78 is 0. The van der Waals surface area contributed by atoms with Crippen molar-refractivity contribution in [1.82, 2.24) is 5.32 Å². The van der Waals surface area contributed by atoms with Crippen LogP contribution in [0.25, 0.3) is 0 Å². The number of carbonyl (C=O) groups is 1. The molecule has 1 amide bonds. The van der Waals surface area contributed by atoms with E-state index in [4.69, 9.17) is 5.73 Å². The molecule has 0 fully saturated rings. The van der Waals surface area contributed by atoms with Crippen molar-refractivity contribution in [1.29, 1.82) is 0 Å². The number of rotatable bonds is 7. The third-order valence-corrected chi connectivity index (χ3v) is 2.81. The van der Waals surface area contributed by atoms with E-state index >= 15 is 0 Å². The Labute approximate surface area is 116 Å². The predicted octanol–water partition coefficient (Wildman–Crippen LogP) is 2.26. The summed E-state index contributed by atoms with van der Waals surface area (Å²) in [5, 5.41) is 2.94. The number of carbonyl (C=O) groups excluding carboxylic acids is 1. The SMILES string of the molecule is CCCN(CC(=O)NCC(C)C)c1ccccc1N. The number of nitrogens with one attached hydrogen (secondary N) is 1. The van der Waals surface area contributed by atoms with Gasteiger partial charge in [-0.1, -0.05) is 32.9 Å². The predicted molar refractivity (Wildman–Crippen MR) is 81.2 cm³/mol. The molecule has 4 heteroatoms. The molecule has 0 bridgehead atoms. The maximum atomic E-state index is 11.9. The number of hydrogen-bond donors (Lipinski definition) is 2. The van der Waals surface area contributed by atoms with Crippen molar-refractivity contribution in [3.05, 3.63) is 24.3 Å². The minimum absolute atomic E-state index is 0.0467. The van der Waals surface area contributed by atoms with E-state index < -0.39 is 0 Å². The van der Waals surface area contributed by atoms with Crippen molar-refractivity contribution in [2.24, 2.45) is 5.92 Å².